The zero-order valence-corrected chi connectivity index (χ0v) is 15.1. The van der Waals surface area contributed by atoms with Crippen molar-refractivity contribution in [1.82, 2.24) is 20.4 Å². The normalized spacial score (nSPS) is 11.4. The summed E-state index contributed by atoms with van der Waals surface area (Å²) in [5.41, 5.74) is 3.66. The van der Waals surface area contributed by atoms with E-state index in [0.717, 1.165) is 11.1 Å². The highest BCUT2D eigenvalue weighted by Gasteiger charge is 2.09. The first-order valence-electron chi connectivity index (χ1n) is 8.74. The monoisotopic (exact) mass is 359 g/mol. The summed E-state index contributed by atoms with van der Waals surface area (Å²) in [5.74, 6) is 0. The number of nitrogens with zero attached hydrogens (tertiary/aromatic N) is 3. The highest BCUT2D eigenvalue weighted by Crippen LogP contribution is 2.13. The lowest BCUT2D eigenvalue weighted by atomic mass is 10.1. The van der Waals surface area contributed by atoms with E-state index < -0.39 is 0 Å². The molecule has 0 radical (unpaired) electrons. The summed E-state index contributed by atoms with van der Waals surface area (Å²) >= 11 is 0. The molecule has 1 atom stereocenters. The van der Waals surface area contributed by atoms with E-state index in [2.05, 4.69) is 33.9 Å². The third kappa shape index (κ3) is 5.19. The Bertz CT molecular complexity index is 925. The summed E-state index contributed by atoms with van der Waals surface area (Å²) in [6.45, 7) is 3.00. The highest BCUT2D eigenvalue weighted by molar-refractivity contribution is 5.74. The fourth-order valence-corrected chi connectivity index (χ4v) is 2.71. The molecule has 3 rings (SSSR count). The van der Waals surface area contributed by atoms with Gasteiger partial charge in [0.1, 0.15) is 0 Å². The Morgan fingerprint density at radius 1 is 1.15 bits per heavy atom. The Hall–Kier alpha value is -3.59. The van der Waals surface area contributed by atoms with Crippen LogP contribution in [-0.4, -0.2) is 15.8 Å². The number of urea groups is 1. The van der Waals surface area contributed by atoms with Gasteiger partial charge in [0.25, 0.3) is 0 Å². The Morgan fingerprint density at radius 3 is 2.59 bits per heavy atom. The molecule has 0 fully saturated rings. The average Bonchev–Trinajstić information content (AvgIpc) is 3.14. The second-order valence-corrected chi connectivity index (χ2v) is 6.31. The molecule has 0 aliphatic carbocycles. The van der Waals surface area contributed by atoms with Gasteiger partial charge in [0.05, 0.1) is 30.4 Å². The third-order valence-electron chi connectivity index (χ3n) is 4.21. The Morgan fingerprint density at radius 2 is 1.89 bits per heavy atom. The number of rotatable bonds is 6. The predicted octanol–water partition coefficient (Wildman–Crippen LogP) is 3.36. The predicted molar refractivity (Wildman–Crippen MR) is 103 cm³/mol. The zero-order chi connectivity index (χ0) is 19.1. The molecular weight excluding hydrogens is 338 g/mol. The van der Waals surface area contributed by atoms with Crippen LogP contribution in [0.15, 0.2) is 67.0 Å². The van der Waals surface area contributed by atoms with Crippen molar-refractivity contribution in [3.8, 4) is 6.07 Å². The van der Waals surface area contributed by atoms with Crippen LogP contribution in [0.5, 0.6) is 0 Å². The molecule has 1 unspecified atom stereocenters. The fourth-order valence-electron chi connectivity index (χ4n) is 2.71. The number of amides is 2. The first-order chi connectivity index (χ1) is 13.1. The first kappa shape index (κ1) is 18.2. The van der Waals surface area contributed by atoms with Gasteiger partial charge in [-0.3, -0.25) is 4.68 Å². The molecule has 0 aliphatic rings. The van der Waals surface area contributed by atoms with E-state index in [0.29, 0.717) is 18.7 Å². The molecule has 6 nitrogen and oxygen atoms in total. The van der Waals surface area contributed by atoms with Crippen LogP contribution in [-0.2, 0) is 13.1 Å². The number of nitrogens with one attached hydrogen (secondary N) is 2. The largest absolute Gasteiger partial charge is 0.334 e. The number of carbonyl (C=O) groups excluding carboxylic acids is 1. The van der Waals surface area contributed by atoms with Gasteiger partial charge in [0, 0.05) is 18.3 Å². The van der Waals surface area contributed by atoms with Crippen molar-refractivity contribution in [3.63, 3.8) is 0 Å². The van der Waals surface area contributed by atoms with Crippen molar-refractivity contribution in [1.29, 1.82) is 5.26 Å². The molecule has 27 heavy (non-hydrogen) atoms. The molecule has 3 aromatic rings. The van der Waals surface area contributed by atoms with Gasteiger partial charge in [-0.2, -0.15) is 10.4 Å². The van der Waals surface area contributed by atoms with Crippen LogP contribution >= 0.6 is 0 Å². The van der Waals surface area contributed by atoms with Crippen molar-refractivity contribution >= 4 is 6.03 Å². The molecule has 0 saturated carbocycles. The molecule has 1 heterocycles. The maximum atomic E-state index is 12.1. The lowest BCUT2D eigenvalue weighted by Gasteiger charge is -2.15. The third-order valence-corrected chi connectivity index (χ3v) is 4.21. The summed E-state index contributed by atoms with van der Waals surface area (Å²) in [5, 5.41) is 18.9. The molecule has 1 aromatic heterocycles. The van der Waals surface area contributed by atoms with Gasteiger partial charge in [-0.15, -0.1) is 0 Å². The summed E-state index contributed by atoms with van der Waals surface area (Å²) in [7, 11) is 0. The average molecular weight is 359 g/mol. The van der Waals surface area contributed by atoms with E-state index in [-0.39, 0.29) is 12.1 Å². The van der Waals surface area contributed by atoms with Gasteiger partial charge in [0.15, 0.2) is 0 Å². The van der Waals surface area contributed by atoms with E-state index in [9.17, 15) is 4.79 Å². The molecule has 136 valence electrons. The molecule has 2 amide bonds. The molecule has 0 aliphatic heterocycles. The Labute approximate surface area is 158 Å². The van der Waals surface area contributed by atoms with Gasteiger partial charge in [-0.25, -0.2) is 4.79 Å². The van der Waals surface area contributed by atoms with Crippen molar-refractivity contribution in [2.45, 2.75) is 26.1 Å². The number of hydrogen-bond donors (Lipinski definition) is 2. The summed E-state index contributed by atoms with van der Waals surface area (Å²) in [4.78, 5) is 12.1. The SMILES string of the molecule is CC(NC(=O)NCc1cnn(Cc2ccccc2)c1)c1ccc(C#N)cc1. The van der Waals surface area contributed by atoms with E-state index in [1.165, 1.54) is 5.56 Å². The lowest BCUT2D eigenvalue weighted by Crippen LogP contribution is -2.36. The fraction of sp³-hybridized carbons (Fsp3) is 0.190. The first-order valence-corrected chi connectivity index (χ1v) is 8.74. The van der Waals surface area contributed by atoms with Crippen molar-refractivity contribution in [2.75, 3.05) is 0 Å². The molecule has 0 saturated heterocycles. The Kier molecular flexibility index (Phi) is 5.85. The number of nitriles is 1. The van der Waals surface area contributed by atoms with Gasteiger partial charge < -0.3 is 10.6 Å². The zero-order valence-electron chi connectivity index (χ0n) is 15.1. The maximum absolute atomic E-state index is 12.1. The number of hydrogen-bond acceptors (Lipinski definition) is 3. The molecular formula is C21H21N5O. The highest BCUT2D eigenvalue weighted by atomic mass is 16.2. The van der Waals surface area contributed by atoms with Crippen molar-refractivity contribution in [3.05, 3.63) is 89.2 Å². The smallest absolute Gasteiger partial charge is 0.315 e. The van der Waals surface area contributed by atoms with E-state index >= 15 is 0 Å². The minimum atomic E-state index is -0.248. The van der Waals surface area contributed by atoms with Crippen LogP contribution in [0.3, 0.4) is 0 Å². The van der Waals surface area contributed by atoms with Gasteiger partial charge in [0.2, 0.25) is 0 Å². The number of benzene rings is 2. The van der Waals surface area contributed by atoms with Gasteiger partial charge >= 0.3 is 6.03 Å². The van der Waals surface area contributed by atoms with Crippen LogP contribution in [0.4, 0.5) is 4.79 Å². The van der Waals surface area contributed by atoms with Crippen LogP contribution in [0.25, 0.3) is 0 Å². The number of aromatic nitrogens is 2. The second kappa shape index (κ2) is 8.68. The quantitative estimate of drug-likeness (QED) is 0.708. The van der Waals surface area contributed by atoms with Crippen LogP contribution < -0.4 is 10.6 Å². The maximum Gasteiger partial charge on any atom is 0.315 e. The van der Waals surface area contributed by atoms with E-state index in [1.807, 2.05) is 48.1 Å². The summed E-state index contributed by atoms with van der Waals surface area (Å²) in [6.07, 6.45) is 3.69. The minimum absolute atomic E-state index is 0.154. The Balaban J connectivity index is 1.48. The summed E-state index contributed by atoms with van der Waals surface area (Å²) in [6, 6.07) is 18.9. The van der Waals surface area contributed by atoms with E-state index in [4.69, 9.17) is 5.26 Å². The van der Waals surface area contributed by atoms with E-state index in [1.54, 1.807) is 18.3 Å². The second-order valence-electron chi connectivity index (χ2n) is 6.31. The lowest BCUT2D eigenvalue weighted by molar-refractivity contribution is 0.237. The summed E-state index contributed by atoms with van der Waals surface area (Å²) < 4.78 is 1.85. The molecule has 2 aromatic carbocycles. The van der Waals surface area contributed by atoms with Crippen LogP contribution in [0.1, 0.15) is 35.2 Å². The molecule has 6 heteroatoms. The standard InChI is InChI=1S/C21H21N5O/c1-16(20-9-7-17(11-22)8-10-20)25-21(27)23-12-19-13-24-26(15-19)14-18-5-3-2-4-6-18/h2-10,13,15-16H,12,14H2,1H3,(H2,23,25,27). The van der Waals surface area contributed by atoms with Gasteiger partial charge in [-0.05, 0) is 30.2 Å². The van der Waals surface area contributed by atoms with Crippen LogP contribution in [0.2, 0.25) is 0 Å². The topological polar surface area (TPSA) is 82.7 Å². The van der Waals surface area contributed by atoms with Gasteiger partial charge in [-0.1, -0.05) is 42.5 Å². The van der Waals surface area contributed by atoms with Crippen molar-refractivity contribution < 1.29 is 4.79 Å². The molecule has 0 bridgehead atoms. The minimum Gasteiger partial charge on any atom is -0.334 e. The number of carbonyl (C=O) groups is 1. The molecule has 0 spiro atoms. The van der Waals surface area contributed by atoms with Crippen molar-refractivity contribution in [2.24, 2.45) is 0 Å². The molecule has 2 N–H and O–H groups in total. The van der Waals surface area contributed by atoms with Crippen LogP contribution in [0, 0.1) is 11.3 Å².